The van der Waals surface area contributed by atoms with Gasteiger partial charge in [-0.15, -0.1) is 0 Å². The molecule has 0 saturated heterocycles. The molecule has 1 aromatic heterocycles. The van der Waals surface area contributed by atoms with E-state index >= 15 is 0 Å². The van der Waals surface area contributed by atoms with Gasteiger partial charge in [-0.3, -0.25) is 0 Å². The lowest BCUT2D eigenvalue weighted by Crippen LogP contribution is -2.28. The van der Waals surface area contributed by atoms with Crippen molar-refractivity contribution < 1.29 is 8.78 Å². The molecule has 106 valence electrons. The summed E-state index contributed by atoms with van der Waals surface area (Å²) in [5.74, 6) is -1.10. The van der Waals surface area contributed by atoms with Crippen molar-refractivity contribution in [3.05, 3.63) is 17.7 Å². The summed E-state index contributed by atoms with van der Waals surface area (Å²) < 4.78 is 27.0. The highest BCUT2D eigenvalue weighted by Gasteiger charge is 2.22. The van der Waals surface area contributed by atoms with Gasteiger partial charge in [0.05, 0.1) is 0 Å². The highest BCUT2D eigenvalue weighted by molar-refractivity contribution is 7.99. The second kappa shape index (κ2) is 6.41. The fourth-order valence-corrected chi connectivity index (χ4v) is 3.12. The van der Waals surface area contributed by atoms with Gasteiger partial charge in [0.2, 0.25) is 0 Å². The number of anilines is 2. The molecule has 1 aromatic rings. The molecule has 0 bridgehead atoms. The molecule has 0 aromatic carbocycles. The van der Waals surface area contributed by atoms with Crippen molar-refractivity contribution >= 4 is 23.4 Å². The van der Waals surface area contributed by atoms with Gasteiger partial charge in [-0.05, 0) is 31.9 Å². The number of hydrogen-bond donors (Lipinski definition) is 2. The molecular formula is C13H19F2N3S. The average molecular weight is 287 g/mol. The average Bonchev–Trinajstić information content (AvgIpc) is 2.42. The number of halogens is 2. The van der Waals surface area contributed by atoms with Gasteiger partial charge in [0.25, 0.3) is 0 Å². The van der Waals surface area contributed by atoms with Crippen molar-refractivity contribution in [1.29, 1.82) is 0 Å². The van der Waals surface area contributed by atoms with Gasteiger partial charge < -0.3 is 10.6 Å². The van der Waals surface area contributed by atoms with E-state index in [0.29, 0.717) is 5.25 Å². The second-order valence-electron chi connectivity index (χ2n) is 4.75. The monoisotopic (exact) mass is 287 g/mol. The Morgan fingerprint density at radius 1 is 1.16 bits per heavy atom. The number of hydrogen-bond acceptors (Lipinski definition) is 4. The second-order valence-corrected chi connectivity index (χ2v) is 5.89. The van der Waals surface area contributed by atoms with Crippen LogP contribution in [0.1, 0.15) is 25.7 Å². The quantitative estimate of drug-likeness (QED) is 0.889. The minimum atomic E-state index is -0.670. The maximum Gasteiger partial charge on any atom is 0.168 e. The van der Waals surface area contributed by atoms with Crippen LogP contribution in [-0.4, -0.2) is 29.6 Å². The molecule has 1 aliphatic rings. The Morgan fingerprint density at radius 3 is 2.37 bits per heavy atom. The van der Waals surface area contributed by atoms with Crippen LogP contribution in [0.5, 0.6) is 0 Å². The standard InChI is InChI=1S/C13H19F2N3S/c1-16-12-10(14)7-11(15)13(18-12)17-8-3-5-9(19-2)6-4-8/h7-9H,3-6H2,1-2H3,(H2,16,17,18). The summed E-state index contributed by atoms with van der Waals surface area (Å²) in [5.41, 5.74) is 0. The van der Waals surface area contributed by atoms with E-state index in [-0.39, 0.29) is 17.7 Å². The van der Waals surface area contributed by atoms with Gasteiger partial charge in [0.1, 0.15) is 0 Å². The summed E-state index contributed by atoms with van der Waals surface area (Å²) in [6, 6.07) is 1.09. The number of aromatic nitrogens is 1. The topological polar surface area (TPSA) is 37.0 Å². The van der Waals surface area contributed by atoms with E-state index in [1.165, 1.54) is 0 Å². The molecule has 2 N–H and O–H groups in total. The smallest absolute Gasteiger partial charge is 0.168 e. The van der Waals surface area contributed by atoms with Crippen molar-refractivity contribution in [2.45, 2.75) is 37.0 Å². The van der Waals surface area contributed by atoms with Crippen LogP contribution in [0.3, 0.4) is 0 Å². The van der Waals surface area contributed by atoms with Gasteiger partial charge in [0.15, 0.2) is 23.3 Å². The molecule has 1 aliphatic carbocycles. The molecular weight excluding hydrogens is 268 g/mol. The Kier molecular flexibility index (Phi) is 4.85. The first-order valence-corrected chi connectivity index (χ1v) is 7.76. The molecule has 1 saturated carbocycles. The molecule has 0 aliphatic heterocycles. The first-order valence-electron chi connectivity index (χ1n) is 6.47. The summed E-state index contributed by atoms with van der Waals surface area (Å²) in [6.45, 7) is 0. The van der Waals surface area contributed by atoms with Gasteiger partial charge in [-0.1, -0.05) is 0 Å². The molecule has 0 atom stereocenters. The van der Waals surface area contributed by atoms with Crippen LogP contribution >= 0.6 is 11.8 Å². The minimum Gasteiger partial charge on any atom is -0.371 e. The summed E-state index contributed by atoms with van der Waals surface area (Å²) in [7, 11) is 1.57. The van der Waals surface area contributed by atoms with E-state index in [1.54, 1.807) is 7.05 Å². The van der Waals surface area contributed by atoms with Crippen molar-refractivity contribution in [2.24, 2.45) is 0 Å². The molecule has 0 spiro atoms. The zero-order chi connectivity index (χ0) is 13.8. The maximum absolute atomic E-state index is 13.7. The lowest BCUT2D eigenvalue weighted by atomic mass is 9.95. The number of thioether (sulfide) groups is 1. The third kappa shape index (κ3) is 3.49. The lowest BCUT2D eigenvalue weighted by molar-refractivity contribution is 0.469. The van der Waals surface area contributed by atoms with E-state index < -0.39 is 11.6 Å². The van der Waals surface area contributed by atoms with Crippen LogP contribution in [0.2, 0.25) is 0 Å². The molecule has 0 unspecified atom stereocenters. The number of nitrogens with one attached hydrogen (secondary N) is 2. The van der Waals surface area contributed by atoms with E-state index in [4.69, 9.17) is 0 Å². The predicted molar refractivity (Wildman–Crippen MR) is 76.9 cm³/mol. The fourth-order valence-electron chi connectivity index (χ4n) is 2.38. The first-order chi connectivity index (χ1) is 9.13. The first kappa shape index (κ1) is 14.4. The molecule has 19 heavy (non-hydrogen) atoms. The summed E-state index contributed by atoms with van der Waals surface area (Å²) in [6.07, 6.45) is 6.37. The number of pyridine rings is 1. The molecule has 1 heterocycles. The predicted octanol–water partition coefficient (Wildman–Crippen LogP) is 3.49. The van der Waals surface area contributed by atoms with Crippen LogP contribution in [0.4, 0.5) is 20.4 Å². The molecule has 3 nitrogen and oxygen atoms in total. The Bertz CT molecular complexity index is 434. The highest BCUT2D eigenvalue weighted by atomic mass is 32.2. The van der Waals surface area contributed by atoms with Crippen LogP contribution in [0, 0.1) is 11.6 Å². The highest BCUT2D eigenvalue weighted by Crippen LogP contribution is 2.29. The summed E-state index contributed by atoms with van der Waals surface area (Å²) in [4.78, 5) is 3.95. The molecule has 6 heteroatoms. The van der Waals surface area contributed by atoms with Gasteiger partial charge in [-0.25, -0.2) is 13.8 Å². The van der Waals surface area contributed by atoms with Gasteiger partial charge in [-0.2, -0.15) is 11.8 Å². The van der Waals surface area contributed by atoms with E-state index in [2.05, 4.69) is 21.9 Å². The van der Waals surface area contributed by atoms with Crippen LogP contribution in [0.15, 0.2) is 6.07 Å². The normalized spacial score (nSPS) is 23.2. The Morgan fingerprint density at radius 2 is 1.79 bits per heavy atom. The third-order valence-electron chi connectivity index (χ3n) is 3.51. The van der Waals surface area contributed by atoms with E-state index in [9.17, 15) is 8.78 Å². The van der Waals surface area contributed by atoms with Crippen LogP contribution < -0.4 is 10.6 Å². The largest absolute Gasteiger partial charge is 0.371 e. The number of nitrogens with zero attached hydrogens (tertiary/aromatic N) is 1. The van der Waals surface area contributed by atoms with Crippen molar-refractivity contribution in [1.82, 2.24) is 4.98 Å². The van der Waals surface area contributed by atoms with Crippen LogP contribution in [0.25, 0.3) is 0 Å². The van der Waals surface area contributed by atoms with Gasteiger partial charge in [0, 0.05) is 24.4 Å². The molecule has 1 fully saturated rings. The molecule has 2 rings (SSSR count). The summed E-state index contributed by atoms with van der Waals surface area (Å²) in [5, 5.41) is 6.42. The lowest BCUT2D eigenvalue weighted by Gasteiger charge is -2.28. The summed E-state index contributed by atoms with van der Waals surface area (Å²) >= 11 is 1.89. The Labute approximate surface area is 116 Å². The maximum atomic E-state index is 13.7. The SMILES string of the molecule is CNc1nc(NC2CCC(SC)CC2)c(F)cc1F. The fraction of sp³-hybridized carbons (Fsp3) is 0.615. The van der Waals surface area contributed by atoms with Crippen molar-refractivity contribution in [3.8, 4) is 0 Å². The molecule has 0 amide bonds. The Hall–Kier alpha value is -1.04. The zero-order valence-electron chi connectivity index (χ0n) is 11.2. The van der Waals surface area contributed by atoms with E-state index in [0.717, 1.165) is 31.7 Å². The minimum absolute atomic E-state index is 0.0710. The zero-order valence-corrected chi connectivity index (χ0v) is 12.0. The van der Waals surface area contributed by atoms with Crippen molar-refractivity contribution in [2.75, 3.05) is 23.9 Å². The molecule has 0 radical (unpaired) electrons. The third-order valence-corrected chi connectivity index (χ3v) is 4.65. The van der Waals surface area contributed by atoms with Gasteiger partial charge >= 0.3 is 0 Å². The van der Waals surface area contributed by atoms with E-state index in [1.807, 2.05) is 11.8 Å². The van der Waals surface area contributed by atoms with Crippen molar-refractivity contribution in [3.63, 3.8) is 0 Å². The van der Waals surface area contributed by atoms with Crippen LogP contribution in [-0.2, 0) is 0 Å². The number of rotatable bonds is 4. The Balaban J connectivity index is 2.03.